The lowest BCUT2D eigenvalue weighted by Gasteiger charge is -2.34. The smallest absolute Gasteiger partial charge is 0.341 e. The molecule has 0 heterocycles. The van der Waals surface area contributed by atoms with Gasteiger partial charge in [-0.1, -0.05) is 121 Å². The molecule has 0 aliphatic carbocycles. The van der Waals surface area contributed by atoms with Crippen molar-refractivity contribution in [2.75, 3.05) is 28.4 Å². The van der Waals surface area contributed by atoms with Gasteiger partial charge in [0.1, 0.15) is 10.6 Å². The number of carbonyl (C=O) groups is 2. The molecular weight excluding hydrogens is 542 g/mol. The summed E-state index contributed by atoms with van der Waals surface area (Å²) in [7, 11) is -0.852. The van der Waals surface area contributed by atoms with E-state index >= 15 is 0 Å². The van der Waals surface area contributed by atoms with Crippen LogP contribution in [0.25, 0.3) is 0 Å². The third-order valence-electron chi connectivity index (χ3n) is 6.64. The van der Waals surface area contributed by atoms with E-state index < -0.39 is 26.2 Å². The van der Waals surface area contributed by atoms with Crippen LogP contribution >= 0.6 is 14.2 Å². The SMILES string of the molecule is COC(=O)C(C(C(=O)OC)=P(OC)(c1ccccc1)c1ccccc1)=P(OC)(c1ccccc1)c1ccccc1. The number of benzene rings is 4. The average Bonchev–Trinajstić information content (AvgIpc) is 3.04. The molecule has 0 spiro atoms. The molecule has 40 heavy (non-hydrogen) atoms. The van der Waals surface area contributed by atoms with Crippen molar-refractivity contribution in [1.82, 2.24) is 0 Å². The molecule has 0 bridgehead atoms. The molecule has 0 amide bonds. The Labute approximate surface area is 235 Å². The van der Waals surface area contributed by atoms with E-state index in [0.29, 0.717) is 0 Å². The van der Waals surface area contributed by atoms with Crippen LogP contribution in [0.15, 0.2) is 121 Å². The number of methoxy groups -OCH3 is 2. The van der Waals surface area contributed by atoms with Crippen LogP contribution in [0.3, 0.4) is 0 Å². The molecule has 0 radical (unpaired) electrons. The van der Waals surface area contributed by atoms with Crippen LogP contribution in [-0.4, -0.2) is 51.0 Å². The highest BCUT2D eigenvalue weighted by Gasteiger charge is 2.43. The summed E-state index contributed by atoms with van der Waals surface area (Å²) in [6.45, 7) is 0. The second-order valence-electron chi connectivity index (χ2n) is 8.61. The molecule has 0 atom stereocenters. The fourth-order valence-corrected chi connectivity index (χ4v) is 12.4. The number of rotatable bonds is 9. The van der Waals surface area contributed by atoms with Gasteiger partial charge in [-0.3, -0.25) is 0 Å². The summed E-state index contributed by atoms with van der Waals surface area (Å²) < 4.78 is 23.9. The van der Waals surface area contributed by atoms with Crippen molar-refractivity contribution in [2.45, 2.75) is 0 Å². The summed E-state index contributed by atoms with van der Waals surface area (Å²) in [6, 6.07) is 37.8. The van der Waals surface area contributed by atoms with Gasteiger partial charge in [0, 0.05) is 35.4 Å². The molecule has 0 unspecified atom stereocenters. The fourth-order valence-electron chi connectivity index (χ4n) is 4.91. The van der Waals surface area contributed by atoms with Crippen LogP contribution in [0.1, 0.15) is 0 Å². The monoisotopic (exact) mass is 574 g/mol. The van der Waals surface area contributed by atoms with E-state index in [-0.39, 0.29) is 10.6 Å². The van der Waals surface area contributed by atoms with Crippen LogP contribution in [-0.2, 0) is 28.1 Å². The summed E-state index contributed by atoms with van der Waals surface area (Å²) in [5.74, 6) is -1.40. The van der Waals surface area contributed by atoms with Crippen molar-refractivity contribution >= 4 is 58.0 Å². The van der Waals surface area contributed by atoms with E-state index in [2.05, 4.69) is 0 Å². The number of hydrogen-bond acceptors (Lipinski definition) is 6. The molecule has 8 heteroatoms. The summed E-state index contributed by atoms with van der Waals surface area (Å²) in [6.07, 6.45) is 0. The first-order valence-corrected chi connectivity index (χ1v) is 16.0. The Balaban J connectivity index is 2.46. The molecule has 4 aromatic rings. The lowest BCUT2D eigenvalue weighted by molar-refractivity contribution is -0.134. The highest BCUT2D eigenvalue weighted by molar-refractivity contribution is 7.95. The van der Waals surface area contributed by atoms with Crippen molar-refractivity contribution in [3.63, 3.8) is 0 Å². The zero-order valence-electron chi connectivity index (χ0n) is 22.9. The van der Waals surface area contributed by atoms with E-state index in [1.807, 2.05) is 121 Å². The molecule has 0 aliphatic rings. The van der Waals surface area contributed by atoms with E-state index in [1.165, 1.54) is 14.2 Å². The van der Waals surface area contributed by atoms with Gasteiger partial charge in [0.05, 0.1) is 28.4 Å². The minimum atomic E-state index is -3.29. The molecule has 0 N–H and O–H groups in total. The van der Waals surface area contributed by atoms with Gasteiger partial charge in [0.2, 0.25) is 0 Å². The van der Waals surface area contributed by atoms with Gasteiger partial charge in [-0.2, -0.15) is 0 Å². The molecular formula is C32H32O6P2. The maximum atomic E-state index is 14.2. The molecule has 6 nitrogen and oxygen atoms in total. The first-order chi connectivity index (χ1) is 19.5. The van der Waals surface area contributed by atoms with Crippen LogP contribution in [0.5, 0.6) is 0 Å². The van der Waals surface area contributed by atoms with Crippen LogP contribution in [0.4, 0.5) is 0 Å². The van der Waals surface area contributed by atoms with Crippen LogP contribution in [0, 0.1) is 0 Å². The topological polar surface area (TPSA) is 71.1 Å². The summed E-state index contributed by atoms with van der Waals surface area (Å²) in [5, 5.41) is 3.12. The van der Waals surface area contributed by atoms with Crippen molar-refractivity contribution in [2.24, 2.45) is 0 Å². The Bertz CT molecular complexity index is 1360. The average molecular weight is 575 g/mol. The van der Waals surface area contributed by atoms with Gasteiger partial charge >= 0.3 is 11.9 Å². The normalized spacial score (nSPS) is 11.4. The molecule has 4 aromatic carbocycles. The molecule has 0 saturated heterocycles. The molecule has 0 aliphatic heterocycles. The van der Waals surface area contributed by atoms with E-state index in [1.54, 1.807) is 14.2 Å². The third-order valence-corrected chi connectivity index (χ3v) is 14.1. The largest absolute Gasteiger partial charge is 0.465 e. The van der Waals surface area contributed by atoms with Gasteiger partial charge in [0.15, 0.2) is 0 Å². The van der Waals surface area contributed by atoms with Crippen LogP contribution < -0.4 is 21.2 Å². The first-order valence-electron chi connectivity index (χ1n) is 12.5. The van der Waals surface area contributed by atoms with Gasteiger partial charge in [0.25, 0.3) is 0 Å². The highest BCUT2D eigenvalue weighted by atomic mass is 31.2. The van der Waals surface area contributed by atoms with Gasteiger partial charge < -0.3 is 18.5 Å². The Morgan fingerprint density at radius 2 is 0.650 bits per heavy atom. The molecule has 0 saturated carbocycles. The molecule has 0 aromatic heterocycles. The fraction of sp³-hybridized carbons (Fsp3) is 0.125. The maximum Gasteiger partial charge on any atom is 0.341 e. The van der Waals surface area contributed by atoms with Crippen LogP contribution in [0.2, 0.25) is 0 Å². The standard InChI is InChI=1S/C32H32O6P2/c1-35-31(33)29(39(37-3,25-17-9-5-10-18-25)26-19-11-6-12-20-26)30(32(34)36-2)40(38-4,27-21-13-7-14-22-27)28-23-15-8-16-24-28/h5-24H,1-4H3. The number of carbonyl (C=O) groups excluding carboxylic acids is 2. The van der Waals surface area contributed by atoms with Crippen molar-refractivity contribution in [3.8, 4) is 0 Å². The number of ether oxygens (including phenoxy) is 2. The predicted molar refractivity (Wildman–Crippen MR) is 166 cm³/mol. The lowest BCUT2D eigenvalue weighted by Crippen LogP contribution is -2.42. The lowest BCUT2D eigenvalue weighted by atomic mass is 10.3. The second-order valence-corrected chi connectivity index (χ2v) is 14.7. The zero-order valence-corrected chi connectivity index (χ0v) is 24.7. The van der Waals surface area contributed by atoms with Crippen molar-refractivity contribution < 1.29 is 28.1 Å². The van der Waals surface area contributed by atoms with Crippen molar-refractivity contribution in [3.05, 3.63) is 121 Å². The number of esters is 2. The summed E-state index contributed by atoms with van der Waals surface area (Å²) in [5.41, 5.74) is 0. The van der Waals surface area contributed by atoms with Gasteiger partial charge in [-0.25, -0.2) is 9.59 Å². The quantitative estimate of drug-likeness (QED) is 0.221. The highest BCUT2D eigenvalue weighted by Crippen LogP contribution is 2.54. The third kappa shape index (κ3) is 5.12. The molecule has 4 rings (SSSR count). The first kappa shape index (κ1) is 29.3. The Hall–Kier alpha value is -3.66. The molecule has 206 valence electrons. The summed E-state index contributed by atoms with van der Waals surface area (Å²) in [4.78, 5) is 28.3. The van der Waals surface area contributed by atoms with E-state index in [0.717, 1.165) is 21.2 Å². The van der Waals surface area contributed by atoms with Gasteiger partial charge in [-0.05, 0) is 0 Å². The minimum Gasteiger partial charge on any atom is -0.465 e. The Morgan fingerprint density at radius 1 is 0.425 bits per heavy atom. The second kappa shape index (κ2) is 13.1. The Kier molecular flexibility index (Phi) is 9.63. The number of hydrogen-bond donors (Lipinski definition) is 0. The maximum absolute atomic E-state index is 14.2. The predicted octanol–water partition coefficient (Wildman–Crippen LogP) is 4.14. The minimum absolute atomic E-state index is 0.0876. The summed E-state index contributed by atoms with van der Waals surface area (Å²) >= 11 is 0. The molecule has 0 fully saturated rings. The van der Waals surface area contributed by atoms with Gasteiger partial charge in [-0.15, -0.1) is 0 Å². The van der Waals surface area contributed by atoms with E-state index in [9.17, 15) is 9.59 Å². The van der Waals surface area contributed by atoms with E-state index in [4.69, 9.17) is 18.5 Å². The van der Waals surface area contributed by atoms with Crippen molar-refractivity contribution in [1.29, 1.82) is 0 Å². The Morgan fingerprint density at radius 3 is 0.825 bits per heavy atom. The zero-order chi connectivity index (χ0) is 28.6.